The van der Waals surface area contributed by atoms with E-state index in [0.29, 0.717) is 0 Å². The lowest BCUT2D eigenvalue weighted by molar-refractivity contribution is 0.945. The fraction of sp³-hybridized carbons (Fsp3) is 0.375. The van der Waals surface area contributed by atoms with E-state index in [-0.39, 0.29) is 0 Å². The van der Waals surface area contributed by atoms with Crippen LogP contribution in [0.1, 0.15) is 40.5 Å². The lowest BCUT2D eigenvalue weighted by Gasteiger charge is -1.94. The van der Waals surface area contributed by atoms with E-state index in [2.05, 4.69) is 45.1 Å². The van der Waals surface area contributed by atoms with Crippen LogP contribution < -0.4 is 0 Å². The van der Waals surface area contributed by atoms with Gasteiger partial charge in [-0.15, -0.1) is 0 Å². The maximum atomic E-state index is 6.03. The van der Waals surface area contributed by atoms with Crippen LogP contribution >= 0.6 is 11.6 Å². The van der Waals surface area contributed by atoms with Crippen LogP contribution in [0.15, 0.2) is 58.7 Å². The maximum absolute atomic E-state index is 6.03. The summed E-state index contributed by atoms with van der Waals surface area (Å²) in [6, 6.07) is 0. The minimum absolute atomic E-state index is 0.918. The van der Waals surface area contributed by atoms with Gasteiger partial charge in [0.15, 0.2) is 0 Å². The van der Waals surface area contributed by atoms with E-state index in [1.165, 1.54) is 11.1 Å². The molecule has 0 N–H and O–H groups in total. The third-order valence-electron chi connectivity index (χ3n) is 2.18. The summed E-state index contributed by atoms with van der Waals surface area (Å²) in [6.45, 7) is 8.30. The molecule has 0 rings (SSSR count). The highest BCUT2D eigenvalue weighted by Gasteiger charge is 1.87. The van der Waals surface area contributed by atoms with Crippen molar-refractivity contribution in [1.29, 1.82) is 0 Å². The Kier molecular flexibility index (Phi) is 9.56. The molecular formula is C16H23Cl. The Balaban J connectivity index is 4.43. The zero-order valence-corrected chi connectivity index (χ0v) is 12.1. The quantitative estimate of drug-likeness (QED) is 0.512. The summed E-state index contributed by atoms with van der Waals surface area (Å²) in [5, 5.41) is 0.918. The normalized spacial score (nSPS) is 15.2. The SMILES string of the molecule is CC=CC=C(C)C=CC(C)=CC=C(Cl)CCC. The van der Waals surface area contributed by atoms with E-state index in [0.717, 1.165) is 17.9 Å². The monoisotopic (exact) mass is 250 g/mol. The molecule has 17 heavy (non-hydrogen) atoms. The van der Waals surface area contributed by atoms with Crippen molar-refractivity contribution in [3.05, 3.63) is 58.7 Å². The molecule has 0 aromatic heterocycles. The summed E-state index contributed by atoms with van der Waals surface area (Å²) in [6.07, 6.45) is 16.4. The van der Waals surface area contributed by atoms with Crippen molar-refractivity contribution < 1.29 is 0 Å². The molecule has 0 bridgehead atoms. The van der Waals surface area contributed by atoms with Gasteiger partial charge in [-0.3, -0.25) is 0 Å². The molecule has 0 saturated carbocycles. The second-order valence-electron chi connectivity index (χ2n) is 4.04. The highest BCUT2D eigenvalue weighted by atomic mass is 35.5. The second-order valence-corrected chi connectivity index (χ2v) is 4.53. The van der Waals surface area contributed by atoms with Crippen molar-refractivity contribution in [3.63, 3.8) is 0 Å². The van der Waals surface area contributed by atoms with Crippen molar-refractivity contribution in [3.8, 4) is 0 Å². The van der Waals surface area contributed by atoms with Gasteiger partial charge in [0, 0.05) is 5.03 Å². The van der Waals surface area contributed by atoms with Gasteiger partial charge in [-0.2, -0.15) is 0 Å². The molecule has 0 aliphatic rings. The number of hydrogen-bond acceptors (Lipinski definition) is 0. The Hall–Kier alpha value is -1.01. The van der Waals surface area contributed by atoms with Crippen molar-refractivity contribution in [2.24, 2.45) is 0 Å². The number of allylic oxidation sites excluding steroid dienone is 10. The van der Waals surface area contributed by atoms with Crippen molar-refractivity contribution in [1.82, 2.24) is 0 Å². The van der Waals surface area contributed by atoms with E-state index in [1.54, 1.807) is 0 Å². The molecular weight excluding hydrogens is 228 g/mol. The molecule has 0 aromatic rings. The molecule has 0 spiro atoms. The molecule has 0 saturated heterocycles. The summed E-state index contributed by atoms with van der Waals surface area (Å²) in [5.74, 6) is 0. The molecule has 0 amide bonds. The van der Waals surface area contributed by atoms with Gasteiger partial charge in [0.25, 0.3) is 0 Å². The Morgan fingerprint density at radius 2 is 1.59 bits per heavy atom. The third-order valence-corrected chi connectivity index (χ3v) is 2.49. The van der Waals surface area contributed by atoms with Crippen LogP contribution in [-0.2, 0) is 0 Å². The minimum atomic E-state index is 0.918. The highest BCUT2D eigenvalue weighted by molar-refractivity contribution is 6.29. The first-order valence-electron chi connectivity index (χ1n) is 6.10. The first-order chi connectivity index (χ1) is 8.10. The molecule has 94 valence electrons. The molecule has 0 aliphatic carbocycles. The minimum Gasteiger partial charge on any atom is -0.0892 e. The van der Waals surface area contributed by atoms with Gasteiger partial charge in [-0.05, 0) is 33.3 Å². The highest BCUT2D eigenvalue weighted by Crippen LogP contribution is 2.10. The van der Waals surface area contributed by atoms with Gasteiger partial charge >= 0.3 is 0 Å². The zero-order chi connectivity index (χ0) is 13.1. The van der Waals surface area contributed by atoms with E-state index in [4.69, 9.17) is 11.6 Å². The first-order valence-corrected chi connectivity index (χ1v) is 6.48. The smallest absolute Gasteiger partial charge is 0.0181 e. The third kappa shape index (κ3) is 9.89. The maximum Gasteiger partial charge on any atom is 0.0181 e. The van der Waals surface area contributed by atoms with Crippen molar-refractivity contribution in [2.45, 2.75) is 40.5 Å². The van der Waals surface area contributed by atoms with Gasteiger partial charge in [-0.25, -0.2) is 0 Å². The van der Waals surface area contributed by atoms with E-state index < -0.39 is 0 Å². The fourth-order valence-corrected chi connectivity index (χ4v) is 1.42. The van der Waals surface area contributed by atoms with Crippen LogP contribution in [0.2, 0.25) is 0 Å². The summed E-state index contributed by atoms with van der Waals surface area (Å²) >= 11 is 6.03. The average Bonchev–Trinajstić information content (AvgIpc) is 2.31. The van der Waals surface area contributed by atoms with Gasteiger partial charge in [0.1, 0.15) is 0 Å². The van der Waals surface area contributed by atoms with E-state index in [1.807, 2.05) is 25.2 Å². The summed E-state index contributed by atoms with van der Waals surface area (Å²) in [7, 11) is 0. The molecule has 0 aliphatic heterocycles. The van der Waals surface area contributed by atoms with Gasteiger partial charge in [0.2, 0.25) is 0 Å². The number of hydrogen-bond donors (Lipinski definition) is 0. The Morgan fingerprint density at radius 1 is 1.00 bits per heavy atom. The number of halogens is 1. The molecule has 0 nitrogen and oxygen atoms in total. The molecule has 0 radical (unpaired) electrons. The van der Waals surface area contributed by atoms with Crippen LogP contribution in [0.5, 0.6) is 0 Å². The van der Waals surface area contributed by atoms with Crippen LogP contribution in [0.3, 0.4) is 0 Å². The Bertz CT molecular complexity index is 352. The van der Waals surface area contributed by atoms with E-state index >= 15 is 0 Å². The van der Waals surface area contributed by atoms with Crippen LogP contribution in [0.25, 0.3) is 0 Å². The molecule has 0 aromatic carbocycles. The predicted molar refractivity (Wildman–Crippen MR) is 80.3 cm³/mol. The van der Waals surface area contributed by atoms with Gasteiger partial charge < -0.3 is 0 Å². The first kappa shape index (κ1) is 16.0. The Labute approximate surface area is 111 Å². The summed E-state index contributed by atoms with van der Waals surface area (Å²) < 4.78 is 0. The van der Waals surface area contributed by atoms with Crippen LogP contribution in [0, 0.1) is 0 Å². The fourth-order valence-electron chi connectivity index (χ4n) is 1.17. The second kappa shape index (κ2) is 10.2. The van der Waals surface area contributed by atoms with Crippen LogP contribution in [0.4, 0.5) is 0 Å². The largest absolute Gasteiger partial charge is 0.0892 e. The Morgan fingerprint density at radius 3 is 2.12 bits per heavy atom. The van der Waals surface area contributed by atoms with Crippen molar-refractivity contribution >= 4 is 11.6 Å². The molecule has 0 unspecified atom stereocenters. The van der Waals surface area contributed by atoms with Gasteiger partial charge in [0.05, 0.1) is 0 Å². The predicted octanol–water partition coefficient (Wildman–Crippen LogP) is 5.93. The average molecular weight is 251 g/mol. The number of rotatable bonds is 6. The standard InChI is InChI=1S/C16H23Cl/c1-5-7-9-14(3)10-11-15(4)12-13-16(17)8-6-2/h5,7,9-13H,6,8H2,1-4H3. The summed E-state index contributed by atoms with van der Waals surface area (Å²) in [4.78, 5) is 0. The van der Waals surface area contributed by atoms with E-state index in [9.17, 15) is 0 Å². The lowest BCUT2D eigenvalue weighted by atomic mass is 10.2. The summed E-state index contributed by atoms with van der Waals surface area (Å²) in [5.41, 5.74) is 2.44. The van der Waals surface area contributed by atoms with Crippen molar-refractivity contribution in [2.75, 3.05) is 0 Å². The topological polar surface area (TPSA) is 0 Å². The zero-order valence-electron chi connectivity index (χ0n) is 11.3. The molecule has 1 heteroatoms. The van der Waals surface area contributed by atoms with Gasteiger partial charge in [-0.1, -0.05) is 72.5 Å². The molecule has 0 heterocycles. The molecule has 0 fully saturated rings. The molecule has 0 atom stereocenters. The van der Waals surface area contributed by atoms with Crippen LogP contribution in [-0.4, -0.2) is 0 Å². The lowest BCUT2D eigenvalue weighted by Crippen LogP contribution is -1.73.